The number of hydrogen-bond acceptors (Lipinski definition) is 3. The summed E-state index contributed by atoms with van der Waals surface area (Å²) in [5.74, 6) is 0.0638. The molecule has 0 aromatic rings. The zero-order valence-electron chi connectivity index (χ0n) is 5.87. The molecule has 2 fully saturated rings. The van der Waals surface area contributed by atoms with Gasteiger partial charge >= 0.3 is 5.97 Å². The van der Waals surface area contributed by atoms with Crippen molar-refractivity contribution in [1.82, 2.24) is 0 Å². The SMILES string of the molecule is O=C1C[C@@H]2[C@H](Br)[C@@H](O)C[C@@H]2O1. The lowest BCUT2D eigenvalue weighted by Gasteiger charge is -2.09. The number of fused-ring (bicyclic) bond motifs is 1. The number of carbonyl (C=O) groups is 1. The van der Waals surface area contributed by atoms with Crippen molar-refractivity contribution in [3.63, 3.8) is 0 Å². The minimum absolute atomic E-state index is 0.0399. The molecule has 0 amide bonds. The van der Waals surface area contributed by atoms with Crippen LogP contribution in [0, 0.1) is 5.92 Å². The number of halogens is 1. The Morgan fingerprint density at radius 3 is 3.00 bits per heavy atom. The molecule has 0 unspecified atom stereocenters. The maximum absolute atomic E-state index is 10.8. The Kier molecular flexibility index (Phi) is 1.68. The molecule has 4 heteroatoms. The molecule has 0 aromatic heterocycles. The molecule has 0 aromatic carbocycles. The molecule has 0 spiro atoms. The van der Waals surface area contributed by atoms with E-state index in [4.69, 9.17) is 4.74 Å². The number of ether oxygens (including phenoxy) is 1. The second kappa shape index (κ2) is 2.45. The van der Waals surface area contributed by atoms with Gasteiger partial charge in [-0.25, -0.2) is 0 Å². The van der Waals surface area contributed by atoms with Gasteiger partial charge in [-0.15, -0.1) is 0 Å². The average molecular weight is 221 g/mol. The zero-order valence-corrected chi connectivity index (χ0v) is 7.45. The van der Waals surface area contributed by atoms with Gasteiger partial charge in [0.05, 0.1) is 12.5 Å². The van der Waals surface area contributed by atoms with E-state index in [0.29, 0.717) is 12.8 Å². The normalized spacial score (nSPS) is 49.1. The number of alkyl halides is 1. The summed E-state index contributed by atoms with van der Waals surface area (Å²) in [5, 5.41) is 9.35. The van der Waals surface area contributed by atoms with E-state index in [2.05, 4.69) is 15.9 Å². The van der Waals surface area contributed by atoms with Crippen LogP contribution in [-0.4, -0.2) is 28.1 Å². The summed E-state index contributed by atoms with van der Waals surface area (Å²) < 4.78 is 5.00. The number of aliphatic hydroxyl groups excluding tert-OH is 1. The molecule has 2 rings (SSSR count). The fourth-order valence-electron chi connectivity index (χ4n) is 1.82. The lowest BCUT2D eigenvalue weighted by Crippen LogP contribution is -2.19. The van der Waals surface area contributed by atoms with Gasteiger partial charge < -0.3 is 9.84 Å². The summed E-state index contributed by atoms with van der Waals surface area (Å²) >= 11 is 3.36. The predicted octanol–water partition coefficient (Wildman–Crippen LogP) is 0.446. The van der Waals surface area contributed by atoms with E-state index in [1.807, 2.05) is 0 Å². The number of esters is 1. The summed E-state index contributed by atoms with van der Waals surface area (Å²) in [5.41, 5.74) is 0. The molecular formula is C7H9BrO3. The fraction of sp³-hybridized carbons (Fsp3) is 0.857. The molecule has 2 aliphatic rings. The fourth-order valence-corrected chi connectivity index (χ4v) is 2.57. The molecule has 1 saturated carbocycles. The van der Waals surface area contributed by atoms with Gasteiger partial charge in [-0.1, -0.05) is 15.9 Å². The van der Waals surface area contributed by atoms with Crippen molar-refractivity contribution in [2.24, 2.45) is 5.92 Å². The number of aliphatic hydroxyl groups is 1. The van der Waals surface area contributed by atoms with Gasteiger partial charge in [0, 0.05) is 17.2 Å². The van der Waals surface area contributed by atoms with Gasteiger partial charge in [-0.3, -0.25) is 4.79 Å². The third-order valence-corrected chi connectivity index (χ3v) is 3.70. The lowest BCUT2D eigenvalue weighted by molar-refractivity contribution is -0.141. The Hall–Kier alpha value is -0.0900. The van der Waals surface area contributed by atoms with Gasteiger partial charge in [0.25, 0.3) is 0 Å². The maximum Gasteiger partial charge on any atom is 0.306 e. The van der Waals surface area contributed by atoms with Crippen molar-refractivity contribution in [3.05, 3.63) is 0 Å². The molecule has 11 heavy (non-hydrogen) atoms. The van der Waals surface area contributed by atoms with E-state index in [1.165, 1.54) is 0 Å². The zero-order chi connectivity index (χ0) is 8.01. The number of hydrogen-bond donors (Lipinski definition) is 1. The summed E-state index contributed by atoms with van der Waals surface area (Å²) in [6, 6.07) is 0. The first-order valence-corrected chi connectivity index (χ1v) is 4.61. The Morgan fingerprint density at radius 2 is 2.36 bits per heavy atom. The first kappa shape index (κ1) is 7.55. The lowest BCUT2D eigenvalue weighted by atomic mass is 10.1. The van der Waals surface area contributed by atoms with Crippen LogP contribution in [0.25, 0.3) is 0 Å². The molecule has 1 saturated heterocycles. The van der Waals surface area contributed by atoms with E-state index in [-0.39, 0.29) is 28.9 Å². The highest BCUT2D eigenvalue weighted by Gasteiger charge is 2.48. The number of rotatable bonds is 0. The highest BCUT2D eigenvalue weighted by Crippen LogP contribution is 2.40. The van der Waals surface area contributed by atoms with Crippen molar-refractivity contribution >= 4 is 21.9 Å². The van der Waals surface area contributed by atoms with Crippen LogP contribution in [0.4, 0.5) is 0 Å². The molecule has 4 atom stereocenters. The quantitative estimate of drug-likeness (QED) is 0.477. The van der Waals surface area contributed by atoms with Gasteiger partial charge in [0.2, 0.25) is 0 Å². The minimum Gasteiger partial charge on any atom is -0.462 e. The summed E-state index contributed by atoms with van der Waals surface area (Å²) in [4.78, 5) is 10.8. The van der Waals surface area contributed by atoms with E-state index >= 15 is 0 Å². The molecule has 1 N–H and O–H groups in total. The first-order chi connectivity index (χ1) is 5.18. The molecule has 1 heterocycles. The van der Waals surface area contributed by atoms with Crippen molar-refractivity contribution in [2.45, 2.75) is 29.9 Å². The summed E-state index contributed by atoms with van der Waals surface area (Å²) in [6.45, 7) is 0. The van der Waals surface area contributed by atoms with Gasteiger partial charge in [-0.05, 0) is 0 Å². The standard InChI is InChI=1S/C7H9BrO3/c8-7-3-1-6(10)11-5(3)2-4(7)9/h3-5,7,9H,1-2H2/t3-,4-,5-,7-/m0/s1. The van der Waals surface area contributed by atoms with Crippen molar-refractivity contribution in [1.29, 1.82) is 0 Å². The van der Waals surface area contributed by atoms with Crippen LogP contribution in [0.15, 0.2) is 0 Å². The highest BCUT2D eigenvalue weighted by molar-refractivity contribution is 9.09. The molecule has 3 nitrogen and oxygen atoms in total. The van der Waals surface area contributed by atoms with Gasteiger partial charge in [0.1, 0.15) is 6.10 Å². The van der Waals surface area contributed by atoms with Crippen LogP contribution in [-0.2, 0) is 9.53 Å². The predicted molar refractivity (Wildman–Crippen MR) is 41.3 cm³/mol. The Bertz CT molecular complexity index is 194. The smallest absolute Gasteiger partial charge is 0.306 e. The third-order valence-electron chi connectivity index (χ3n) is 2.41. The van der Waals surface area contributed by atoms with Crippen LogP contribution in [0.5, 0.6) is 0 Å². The second-order valence-corrected chi connectivity index (χ2v) is 4.20. The van der Waals surface area contributed by atoms with Crippen LogP contribution in [0.2, 0.25) is 0 Å². The number of carbonyl (C=O) groups excluding carboxylic acids is 1. The molecular weight excluding hydrogens is 212 g/mol. The van der Waals surface area contributed by atoms with Crippen molar-refractivity contribution in [3.8, 4) is 0 Å². The Morgan fingerprint density at radius 1 is 1.64 bits per heavy atom. The van der Waals surface area contributed by atoms with E-state index in [0.717, 1.165) is 0 Å². The molecule has 0 bridgehead atoms. The maximum atomic E-state index is 10.8. The van der Waals surface area contributed by atoms with Gasteiger partial charge in [0.15, 0.2) is 0 Å². The van der Waals surface area contributed by atoms with Crippen molar-refractivity contribution in [2.75, 3.05) is 0 Å². The summed E-state index contributed by atoms with van der Waals surface area (Å²) in [6.07, 6.45) is 0.657. The van der Waals surface area contributed by atoms with Crippen LogP contribution >= 0.6 is 15.9 Å². The molecule has 1 aliphatic heterocycles. The van der Waals surface area contributed by atoms with Crippen LogP contribution in [0.1, 0.15) is 12.8 Å². The van der Waals surface area contributed by atoms with E-state index < -0.39 is 0 Å². The Labute approximate surface area is 72.9 Å². The van der Waals surface area contributed by atoms with Gasteiger partial charge in [-0.2, -0.15) is 0 Å². The topological polar surface area (TPSA) is 46.5 Å². The second-order valence-electron chi connectivity index (χ2n) is 3.14. The molecule has 1 aliphatic carbocycles. The van der Waals surface area contributed by atoms with Crippen molar-refractivity contribution < 1.29 is 14.6 Å². The van der Waals surface area contributed by atoms with E-state index in [9.17, 15) is 9.90 Å². The van der Waals surface area contributed by atoms with Crippen LogP contribution in [0.3, 0.4) is 0 Å². The molecule has 0 radical (unpaired) electrons. The third kappa shape index (κ3) is 1.08. The Balaban J connectivity index is 2.13. The monoisotopic (exact) mass is 220 g/mol. The van der Waals surface area contributed by atoms with Crippen LogP contribution < -0.4 is 0 Å². The highest BCUT2D eigenvalue weighted by atomic mass is 79.9. The summed E-state index contributed by atoms with van der Waals surface area (Å²) in [7, 11) is 0. The largest absolute Gasteiger partial charge is 0.462 e. The minimum atomic E-state index is -0.349. The first-order valence-electron chi connectivity index (χ1n) is 3.70. The average Bonchev–Trinajstić information content (AvgIpc) is 2.37. The van der Waals surface area contributed by atoms with E-state index in [1.54, 1.807) is 0 Å². The molecule has 62 valence electrons.